The van der Waals surface area contributed by atoms with Crippen LogP contribution < -0.4 is 10.6 Å². The van der Waals surface area contributed by atoms with Crippen LogP contribution in [0.5, 0.6) is 0 Å². The minimum atomic E-state index is -0.837. The second kappa shape index (κ2) is 5.83. The largest absolute Gasteiger partial charge is 0.481 e. The molecule has 1 saturated carbocycles. The first kappa shape index (κ1) is 14.8. The number of carbonyl (C=O) groups is 2. The average molecular weight is 341 g/mol. The number of rotatable bonds is 5. The van der Waals surface area contributed by atoms with Gasteiger partial charge in [-0.2, -0.15) is 0 Å². The summed E-state index contributed by atoms with van der Waals surface area (Å²) >= 11 is 3.39. The van der Waals surface area contributed by atoms with E-state index in [1.54, 1.807) is 0 Å². The van der Waals surface area contributed by atoms with Crippen LogP contribution in [0.3, 0.4) is 0 Å². The van der Waals surface area contributed by atoms with Gasteiger partial charge in [-0.3, -0.25) is 4.79 Å². The van der Waals surface area contributed by atoms with Crippen molar-refractivity contribution in [3.63, 3.8) is 0 Å². The van der Waals surface area contributed by atoms with E-state index in [9.17, 15) is 9.59 Å². The number of aliphatic carboxylic acids is 1. The SMILES string of the molecule is CCc1cc(Br)ccc1NC(=O)NCC1(C(=O)O)CC1. The van der Waals surface area contributed by atoms with E-state index >= 15 is 0 Å². The van der Waals surface area contributed by atoms with Crippen LogP contribution in [0, 0.1) is 5.41 Å². The van der Waals surface area contributed by atoms with Crippen molar-refractivity contribution in [1.29, 1.82) is 0 Å². The van der Waals surface area contributed by atoms with Gasteiger partial charge in [0.15, 0.2) is 0 Å². The molecule has 0 heterocycles. The molecule has 0 spiro atoms. The minimum absolute atomic E-state index is 0.173. The maximum absolute atomic E-state index is 11.8. The molecule has 108 valence electrons. The number of nitrogens with one attached hydrogen (secondary N) is 2. The highest BCUT2D eigenvalue weighted by molar-refractivity contribution is 9.10. The fraction of sp³-hybridized carbons (Fsp3) is 0.429. The van der Waals surface area contributed by atoms with Gasteiger partial charge in [0.1, 0.15) is 0 Å². The number of amides is 2. The van der Waals surface area contributed by atoms with E-state index in [1.165, 1.54) is 0 Å². The van der Waals surface area contributed by atoms with Crippen molar-refractivity contribution < 1.29 is 14.7 Å². The Morgan fingerprint density at radius 1 is 1.40 bits per heavy atom. The fourth-order valence-electron chi connectivity index (χ4n) is 2.01. The maximum atomic E-state index is 11.8. The number of aryl methyl sites for hydroxylation is 1. The number of carboxylic acids is 1. The van der Waals surface area contributed by atoms with E-state index < -0.39 is 11.4 Å². The van der Waals surface area contributed by atoms with Crippen LogP contribution in [0.2, 0.25) is 0 Å². The van der Waals surface area contributed by atoms with E-state index in [2.05, 4.69) is 26.6 Å². The Morgan fingerprint density at radius 2 is 2.10 bits per heavy atom. The van der Waals surface area contributed by atoms with Crippen LogP contribution in [0.15, 0.2) is 22.7 Å². The molecular formula is C14H17BrN2O3. The van der Waals surface area contributed by atoms with E-state index in [4.69, 9.17) is 5.11 Å². The third-order valence-corrected chi connectivity index (χ3v) is 4.08. The number of urea groups is 1. The molecule has 20 heavy (non-hydrogen) atoms. The van der Waals surface area contributed by atoms with Crippen molar-refractivity contribution in [3.05, 3.63) is 28.2 Å². The second-order valence-electron chi connectivity index (χ2n) is 5.05. The molecule has 1 aromatic rings. The number of carbonyl (C=O) groups excluding carboxylic acids is 1. The Kier molecular flexibility index (Phi) is 4.32. The van der Waals surface area contributed by atoms with Crippen LogP contribution in [0.4, 0.5) is 10.5 Å². The summed E-state index contributed by atoms with van der Waals surface area (Å²) in [6.07, 6.45) is 2.05. The maximum Gasteiger partial charge on any atom is 0.319 e. The quantitative estimate of drug-likeness (QED) is 0.770. The summed E-state index contributed by atoms with van der Waals surface area (Å²) in [4.78, 5) is 22.9. The van der Waals surface area contributed by atoms with Crippen LogP contribution in [0.25, 0.3) is 0 Å². The zero-order chi connectivity index (χ0) is 14.8. The molecule has 1 aromatic carbocycles. The zero-order valence-electron chi connectivity index (χ0n) is 11.2. The predicted molar refractivity (Wildman–Crippen MR) is 79.8 cm³/mol. The monoisotopic (exact) mass is 340 g/mol. The van der Waals surface area contributed by atoms with Crippen molar-refractivity contribution in [2.75, 3.05) is 11.9 Å². The molecule has 0 bridgehead atoms. The highest BCUT2D eigenvalue weighted by atomic mass is 79.9. The molecule has 0 saturated heterocycles. The highest BCUT2D eigenvalue weighted by Gasteiger charge is 2.50. The summed E-state index contributed by atoms with van der Waals surface area (Å²) in [5, 5.41) is 14.4. The number of anilines is 1. The standard InChI is InChI=1S/C14H17BrN2O3/c1-2-9-7-10(15)3-4-11(9)17-13(20)16-8-14(5-6-14)12(18)19/h3-4,7H,2,5-6,8H2,1H3,(H,18,19)(H2,16,17,20). The molecule has 3 N–H and O–H groups in total. The average Bonchev–Trinajstić information content (AvgIpc) is 3.19. The molecule has 2 amide bonds. The lowest BCUT2D eigenvalue weighted by molar-refractivity contribution is -0.143. The van der Waals surface area contributed by atoms with Gasteiger partial charge in [-0.1, -0.05) is 22.9 Å². The van der Waals surface area contributed by atoms with Crippen molar-refractivity contribution in [2.45, 2.75) is 26.2 Å². The van der Waals surface area contributed by atoms with Gasteiger partial charge in [-0.15, -0.1) is 0 Å². The molecule has 1 aliphatic rings. The normalized spacial score (nSPS) is 15.5. The molecule has 0 radical (unpaired) electrons. The molecule has 1 fully saturated rings. The Bertz CT molecular complexity index is 541. The summed E-state index contributed by atoms with van der Waals surface area (Å²) in [6.45, 7) is 2.18. The topological polar surface area (TPSA) is 78.4 Å². The van der Waals surface area contributed by atoms with E-state index in [0.717, 1.165) is 22.1 Å². The third-order valence-electron chi connectivity index (χ3n) is 3.59. The van der Waals surface area contributed by atoms with Crippen LogP contribution in [-0.4, -0.2) is 23.7 Å². The van der Waals surface area contributed by atoms with Gasteiger partial charge >= 0.3 is 12.0 Å². The van der Waals surface area contributed by atoms with E-state index in [-0.39, 0.29) is 12.6 Å². The second-order valence-corrected chi connectivity index (χ2v) is 5.96. The van der Waals surface area contributed by atoms with E-state index in [0.29, 0.717) is 12.8 Å². The molecular weight excluding hydrogens is 324 g/mol. The zero-order valence-corrected chi connectivity index (χ0v) is 12.8. The van der Waals surface area contributed by atoms with Gasteiger partial charge < -0.3 is 15.7 Å². The first-order valence-corrected chi connectivity index (χ1v) is 7.33. The first-order chi connectivity index (χ1) is 9.47. The Hall–Kier alpha value is -1.56. The van der Waals surface area contributed by atoms with Gasteiger partial charge in [0.05, 0.1) is 5.41 Å². The molecule has 1 aliphatic carbocycles. The van der Waals surface area contributed by atoms with Crippen molar-refractivity contribution in [1.82, 2.24) is 5.32 Å². The van der Waals surface area contributed by atoms with E-state index in [1.807, 2.05) is 25.1 Å². The number of halogens is 1. The Balaban J connectivity index is 1.93. The van der Waals surface area contributed by atoms with Crippen LogP contribution in [0.1, 0.15) is 25.3 Å². The summed E-state index contributed by atoms with van der Waals surface area (Å²) in [5.74, 6) is -0.837. The van der Waals surface area contributed by atoms with Gasteiger partial charge in [0.2, 0.25) is 0 Å². The van der Waals surface area contributed by atoms with Gasteiger partial charge in [-0.05, 0) is 43.0 Å². The molecule has 0 unspecified atom stereocenters. The number of benzene rings is 1. The predicted octanol–water partition coefficient (Wildman–Crippen LogP) is 3.00. The van der Waals surface area contributed by atoms with Crippen molar-refractivity contribution in [3.8, 4) is 0 Å². The van der Waals surface area contributed by atoms with Crippen LogP contribution in [-0.2, 0) is 11.2 Å². The summed E-state index contributed by atoms with van der Waals surface area (Å²) in [7, 11) is 0. The van der Waals surface area contributed by atoms with Crippen LogP contribution >= 0.6 is 15.9 Å². The molecule has 0 atom stereocenters. The Labute approximate surface area is 125 Å². The van der Waals surface area contributed by atoms with Crippen molar-refractivity contribution in [2.24, 2.45) is 5.41 Å². The first-order valence-electron chi connectivity index (χ1n) is 6.53. The lowest BCUT2D eigenvalue weighted by atomic mass is 10.1. The van der Waals surface area contributed by atoms with Gasteiger partial charge in [0, 0.05) is 16.7 Å². The van der Waals surface area contributed by atoms with Gasteiger partial charge in [0.25, 0.3) is 0 Å². The lowest BCUT2D eigenvalue weighted by Gasteiger charge is -2.14. The fourth-order valence-corrected chi connectivity index (χ4v) is 2.42. The molecule has 0 aromatic heterocycles. The summed E-state index contributed by atoms with van der Waals surface area (Å²) in [5.41, 5.74) is 1.02. The molecule has 5 nitrogen and oxygen atoms in total. The summed E-state index contributed by atoms with van der Waals surface area (Å²) in [6, 6.07) is 5.27. The lowest BCUT2D eigenvalue weighted by Crippen LogP contribution is -2.37. The third kappa shape index (κ3) is 3.30. The highest BCUT2D eigenvalue weighted by Crippen LogP contribution is 2.45. The smallest absolute Gasteiger partial charge is 0.319 e. The number of hydrogen-bond acceptors (Lipinski definition) is 2. The molecule has 2 rings (SSSR count). The molecule has 6 heteroatoms. The number of carboxylic acid groups (broad SMARTS) is 1. The summed E-state index contributed by atoms with van der Waals surface area (Å²) < 4.78 is 0.961. The van der Waals surface area contributed by atoms with Gasteiger partial charge in [-0.25, -0.2) is 4.79 Å². The van der Waals surface area contributed by atoms with Crippen molar-refractivity contribution >= 4 is 33.6 Å². The number of hydrogen-bond donors (Lipinski definition) is 3. The minimum Gasteiger partial charge on any atom is -0.481 e. The Morgan fingerprint density at radius 3 is 2.65 bits per heavy atom. The molecule has 0 aliphatic heterocycles.